The number of nitrogens with two attached hydrogens (primary N) is 1. The molecular weight excluding hydrogens is 360 g/mol. The quantitative estimate of drug-likeness (QED) is 0.300. The van der Waals surface area contributed by atoms with Crippen LogP contribution in [0.25, 0.3) is 0 Å². The van der Waals surface area contributed by atoms with Crippen LogP contribution in [0.15, 0.2) is 28.5 Å². The third-order valence-corrected chi connectivity index (χ3v) is 9.16. The largest absolute Gasteiger partial charge is 0.394 e. The fourth-order valence-corrected chi connectivity index (χ4v) is 7.54. The standard InChI is InChI=1S/C25H40N2O2/c1-17(16-27-29-13-12-26)14-18-5-7-22-21-6-4-19-15-20(28)8-10-24(19,2)23(21)9-11-25(18,22)3/h4,14,16,18,20-23,28H,5-13,15,26H2,1-3H3/t18-,20+,21+,22+,23+,24+,25-/m1/s1. The predicted octanol–water partition coefficient (Wildman–Crippen LogP) is 4.83. The van der Waals surface area contributed by atoms with E-state index >= 15 is 0 Å². The molecule has 4 rings (SSSR count). The first-order valence-electron chi connectivity index (χ1n) is 11.8. The van der Waals surface area contributed by atoms with Crippen molar-refractivity contribution in [3.05, 3.63) is 23.3 Å². The zero-order valence-electron chi connectivity index (χ0n) is 18.6. The minimum atomic E-state index is -0.112. The summed E-state index contributed by atoms with van der Waals surface area (Å²) in [5.41, 5.74) is 8.96. The first-order valence-corrected chi connectivity index (χ1v) is 11.8. The van der Waals surface area contributed by atoms with Crippen LogP contribution in [0.4, 0.5) is 0 Å². The molecule has 0 heterocycles. The second-order valence-corrected chi connectivity index (χ2v) is 10.7. The van der Waals surface area contributed by atoms with E-state index in [1.165, 1.54) is 44.1 Å². The van der Waals surface area contributed by atoms with E-state index in [4.69, 9.17) is 10.6 Å². The van der Waals surface area contributed by atoms with Crippen LogP contribution in [0.1, 0.15) is 72.1 Å². The molecule has 0 amide bonds. The summed E-state index contributed by atoms with van der Waals surface area (Å²) in [5.74, 6) is 3.09. The molecule has 4 aliphatic rings. The molecule has 0 aliphatic heterocycles. The third kappa shape index (κ3) is 3.72. The van der Waals surface area contributed by atoms with Crippen LogP contribution in [0.2, 0.25) is 0 Å². The second kappa shape index (κ2) is 8.19. The van der Waals surface area contributed by atoms with Gasteiger partial charge in [-0.2, -0.15) is 0 Å². The second-order valence-electron chi connectivity index (χ2n) is 10.7. The molecule has 0 aromatic carbocycles. The van der Waals surface area contributed by atoms with Gasteiger partial charge in [0.1, 0.15) is 6.61 Å². The van der Waals surface area contributed by atoms with E-state index < -0.39 is 0 Å². The lowest BCUT2D eigenvalue weighted by molar-refractivity contribution is -0.0442. The van der Waals surface area contributed by atoms with Crippen molar-refractivity contribution >= 4 is 6.21 Å². The number of hydrogen-bond acceptors (Lipinski definition) is 4. The molecule has 7 atom stereocenters. The van der Waals surface area contributed by atoms with E-state index in [1.807, 2.05) is 6.21 Å². The minimum absolute atomic E-state index is 0.112. The Hall–Kier alpha value is -1.13. The summed E-state index contributed by atoms with van der Waals surface area (Å²) in [7, 11) is 0. The first-order chi connectivity index (χ1) is 13.9. The number of allylic oxidation sites excluding steroid dienone is 3. The summed E-state index contributed by atoms with van der Waals surface area (Å²) >= 11 is 0. The highest BCUT2D eigenvalue weighted by molar-refractivity contribution is 5.77. The smallest absolute Gasteiger partial charge is 0.129 e. The van der Waals surface area contributed by atoms with Crippen molar-refractivity contribution < 1.29 is 9.94 Å². The molecule has 4 nitrogen and oxygen atoms in total. The van der Waals surface area contributed by atoms with Gasteiger partial charge in [-0.25, -0.2) is 0 Å². The van der Waals surface area contributed by atoms with Crippen molar-refractivity contribution in [1.29, 1.82) is 0 Å². The van der Waals surface area contributed by atoms with Gasteiger partial charge in [0.15, 0.2) is 0 Å². The summed E-state index contributed by atoms with van der Waals surface area (Å²) in [6, 6.07) is 0. The number of hydrogen-bond donors (Lipinski definition) is 2. The molecule has 29 heavy (non-hydrogen) atoms. The fraction of sp³-hybridized carbons (Fsp3) is 0.800. The molecule has 0 aromatic rings. The maximum atomic E-state index is 10.2. The molecule has 162 valence electrons. The number of aliphatic hydroxyl groups is 1. The molecule has 3 saturated carbocycles. The Labute approximate surface area is 176 Å². The molecule has 4 heteroatoms. The Bertz CT molecular complexity index is 699. The van der Waals surface area contributed by atoms with Crippen molar-refractivity contribution in [1.82, 2.24) is 0 Å². The summed E-state index contributed by atoms with van der Waals surface area (Å²) < 4.78 is 0. The molecule has 0 bridgehead atoms. The highest BCUT2D eigenvalue weighted by Crippen LogP contribution is 2.66. The van der Waals surface area contributed by atoms with Crippen molar-refractivity contribution in [2.45, 2.75) is 78.2 Å². The van der Waals surface area contributed by atoms with Crippen LogP contribution in [-0.4, -0.2) is 30.6 Å². The van der Waals surface area contributed by atoms with Crippen LogP contribution in [-0.2, 0) is 4.84 Å². The van der Waals surface area contributed by atoms with Crippen LogP contribution in [0.5, 0.6) is 0 Å². The van der Waals surface area contributed by atoms with Gasteiger partial charge in [-0.15, -0.1) is 0 Å². The van der Waals surface area contributed by atoms with Crippen LogP contribution < -0.4 is 5.73 Å². The highest BCUT2D eigenvalue weighted by Gasteiger charge is 2.58. The lowest BCUT2D eigenvalue weighted by Crippen LogP contribution is -2.50. The lowest BCUT2D eigenvalue weighted by Gasteiger charge is -2.58. The number of oxime groups is 1. The highest BCUT2D eigenvalue weighted by atomic mass is 16.6. The predicted molar refractivity (Wildman–Crippen MR) is 118 cm³/mol. The van der Waals surface area contributed by atoms with Crippen molar-refractivity contribution in [2.75, 3.05) is 13.2 Å². The normalized spacial score (nSPS) is 44.8. The molecule has 4 aliphatic carbocycles. The van der Waals surface area contributed by atoms with Gasteiger partial charge in [-0.3, -0.25) is 0 Å². The summed E-state index contributed by atoms with van der Waals surface area (Å²) in [6.45, 7) is 8.18. The van der Waals surface area contributed by atoms with Gasteiger partial charge < -0.3 is 15.7 Å². The Morgan fingerprint density at radius 3 is 2.86 bits per heavy atom. The van der Waals surface area contributed by atoms with Crippen LogP contribution >= 0.6 is 0 Å². The maximum absolute atomic E-state index is 10.2. The zero-order chi connectivity index (χ0) is 20.6. The monoisotopic (exact) mass is 400 g/mol. The van der Waals surface area contributed by atoms with Gasteiger partial charge in [-0.1, -0.05) is 36.7 Å². The number of rotatable bonds is 5. The topological polar surface area (TPSA) is 67.8 Å². The molecule has 0 saturated heterocycles. The molecular formula is C25H40N2O2. The molecule has 0 unspecified atom stereocenters. The maximum Gasteiger partial charge on any atom is 0.129 e. The lowest BCUT2D eigenvalue weighted by atomic mass is 9.47. The van der Waals surface area contributed by atoms with Gasteiger partial charge in [0.05, 0.1) is 12.3 Å². The van der Waals surface area contributed by atoms with E-state index in [9.17, 15) is 5.11 Å². The third-order valence-electron chi connectivity index (χ3n) is 9.16. The number of fused-ring (bicyclic) bond motifs is 5. The average molecular weight is 401 g/mol. The van der Waals surface area contributed by atoms with E-state index in [2.05, 4.69) is 38.1 Å². The number of aliphatic hydroxyl groups excluding tert-OH is 1. The molecule has 3 N–H and O–H groups in total. The Kier molecular flexibility index (Phi) is 5.96. The molecule has 3 fully saturated rings. The average Bonchev–Trinajstić information content (AvgIpc) is 3.02. The summed E-state index contributed by atoms with van der Waals surface area (Å²) in [5, 5.41) is 14.2. The minimum Gasteiger partial charge on any atom is -0.394 e. The van der Waals surface area contributed by atoms with E-state index in [-0.39, 0.29) is 6.10 Å². The van der Waals surface area contributed by atoms with Gasteiger partial charge in [-0.05, 0) is 98.4 Å². The SMILES string of the molecule is CC(C=NOCCN)=C[C@H]1CC[C@H]2[C@@H]3CC=C4C[C@@H](O)CC[C@]4(C)[C@H]3CC[C@]12C. The van der Waals surface area contributed by atoms with Gasteiger partial charge in [0.25, 0.3) is 0 Å². The summed E-state index contributed by atoms with van der Waals surface area (Å²) in [6.07, 6.45) is 16.4. The molecule has 0 spiro atoms. The Morgan fingerprint density at radius 2 is 2.07 bits per heavy atom. The van der Waals surface area contributed by atoms with E-state index in [0.29, 0.717) is 29.9 Å². The molecule has 0 aromatic heterocycles. The molecule has 0 radical (unpaired) electrons. The van der Waals surface area contributed by atoms with E-state index in [0.717, 1.165) is 30.6 Å². The van der Waals surface area contributed by atoms with E-state index in [1.54, 1.807) is 5.57 Å². The van der Waals surface area contributed by atoms with Gasteiger partial charge in [0.2, 0.25) is 0 Å². The number of nitrogens with zero attached hydrogens (tertiary/aromatic N) is 1. The van der Waals surface area contributed by atoms with Gasteiger partial charge >= 0.3 is 0 Å². The Balaban J connectivity index is 1.51. The Morgan fingerprint density at radius 1 is 1.24 bits per heavy atom. The summed E-state index contributed by atoms with van der Waals surface area (Å²) in [4.78, 5) is 5.17. The fourth-order valence-electron chi connectivity index (χ4n) is 7.54. The van der Waals surface area contributed by atoms with Crippen LogP contribution in [0.3, 0.4) is 0 Å². The first kappa shape index (κ1) is 21.1. The van der Waals surface area contributed by atoms with Crippen molar-refractivity contribution in [3.63, 3.8) is 0 Å². The van der Waals surface area contributed by atoms with Crippen LogP contribution in [0, 0.1) is 34.5 Å². The van der Waals surface area contributed by atoms with Gasteiger partial charge in [0, 0.05) is 6.54 Å². The zero-order valence-corrected chi connectivity index (χ0v) is 18.6. The van der Waals surface area contributed by atoms with Crippen molar-refractivity contribution in [2.24, 2.45) is 45.4 Å². The van der Waals surface area contributed by atoms with Crippen molar-refractivity contribution in [3.8, 4) is 0 Å².